The highest BCUT2D eigenvalue weighted by Gasteiger charge is 2.34. The topological polar surface area (TPSA) is 122 Å². The van der Waals surface area contributed by atoms with E-state index >= 15 is 0 Å². The Morgan fingerprint density at radius 3 is 2.08 bits per heavy atom. The fraction of sp³-hybridized carbons (Fsp3) is 0.208. The molecule has 0 radical (unpaired) electrons. The van der Waals surface area contributed by atoms with Gasteiger partial charge in [-0.1, -0.05) is 23.2 Å². The van der Waals surface area contributed by atoms with Gasteiger partial charge in [0.25, 0.3) is 15.9 Å². The number of anilines is 2. The molecule has 1 aliphatic rings. The molecular weight excluding hydrogens is 618 g/mol. The summed E-state index contributed by atoms with van der Waals surface area (Å²) < 4.78 is 99.2. The Kier molecular flexibility index (Phi) is 8.68. The molecule has 40 heavy (non-hydrogen) atoms. The predicted molar refractivity (Wildman–Crippen MR) is 143 cm³/mol. The van der Waals surface area contributed by atoms with Gasteiger partial charge in [-0.05, 0) is 60.7 Å². The van der Waals surface area contributed by atoms with Gasteiger partial charge >= 0.3 is 6.18 Å². The number of morpholine rings is 1. The highest BCUT2D eigenvalue weighted by molar-refractivity contribution is 7.92. The number of hydrogen-bond donors (Lipinski definition) is 2. The Morgan fingerprint density at radius 1 is 0.850 bits per heavy atom. The fourth-order valence-corrected chi connectivity index (χ4v) is 6.89. The van der Waals surface area contributed by atoms with Gasteiger partial charge in [0.2, 0.25) is 10.0 Å². The minimum absolute atomic E-state index is 0.0159. The van der Waals surface area contributed by atoms with E-state index in [-0.39, 0.29) is 58.1 Å². The summed E-state index contributed by atoms with van der Waals surface area (Å²) in [5, 5.41) is 1.89. The lowest BCUT2D eigenvalue weighted by Crippen LogP contribution is -2.40. The number of carbonyl (C=O) groups is 1. The van der Waals surface area contributed by atoms with Crippen LogP contribution in [0.2, 0.25) is 10.0 Å². The number of halogens is 5. The average Bonchev–Trinajstić information content (AvgIpc) is 2.90. The summed E-state index contributed by atoms with van der Waals surface area (Å²) >= 11 is 11.7. The molecule has 1 amide bonds. The number of alkyl halides is 3. The van der Waals surface area contributed by atoms with Crippen molar-refractivity contribution in [3.63, 3.8) is 0 Å². The number of amides is 1. The van der Waals surface area contributed by atoms with Crippen molar-refractivity contribution in [2.45, 2.75) is 16.0 Å². The molecule has 0 saturated carbocycles. The summed E-state index contributed by atoms with van der Waals surface area (Å²) in [5.74, 6) is -0.690. The van der Waals surface area contributed by atoms with Crippen LogP contribution in [-0.2, 0) is 31.0 Å². The first-order valence-corrected chi connectivity index (χ1v) is 15.0. The van der Waals surface area contributed by atoms with Crippen LogP contribution >= 0.6 is 23.2 Å². The van der Waals surface area contributed by atoms with Gasteiger partial charge in [-0.15, -0.1) is 0 Å². The zero-order chi connectivity index (χ0) is 29.3. The smallest absolute Gasteiger partial charge is 0.379 e. The van der Waals surface area contributed by atoms with Crippen LogP contribution in [0.3, 0.4) is 0 Å². The number of hydrogen-bond acceptors (Lipinski definition) is 6. The molecule has 9 nitrogen and oxygen atoms in total. The normalized spacial score (nSPS) is 15.0. The van der Waals surface area contributed by atoms with E-state index in [0.29, 0.717) is 6.07 Å². The highest BCUT2D eigenvalue weighted by atomic mass is 35.5. The Bertz CT molecular complexity index is 1650. The van der Waals surface area contributed by atoms with Crippen LogP contribution in [0.4, 0.5) is 24.5 Å². The highest BCUT2D eigenvalue weighted by Crippen LogP contribution is 2.36. The molecule has 0 aliphatic carbocycles. The molecule has 1 fully saturated rings. The Labute approximate surface area is 237 Å². The predicted octanol–water partition coefficient (Wildman–Crippen LogP) is 5.09. The summed E-state index contributed by atoms with van der Waals surface area (Å²) in [7, 11) is -8.28. The van der Waals surface area contributed by atoms with Gasteiger partial charge in [-0.3, -0.25) is 9.52 Å². The van der Waals surface area contributed by atoms with Crippen molar-refractivity contribution in [2.75, 3.05) is 36.3 Å². The van der Waals surface area contributed by atoms with E-state index in [1.165, 1.54) is 28.6 Å². The van der Waals surface area contributed by atoms with Crippen molar-refractivity contribution in [1.82, 2.24) is 4.31 Å². The van der Waals surface area contributed by atoms with E-state index < -0.39 is 42.7 Å². The Hall–Kier alpha value is -2.88. The first kappa shape index (κ1) is 30.1. The third kappa shape index (κ3) is 6.70. The van der Waals surface area contributed by atoms with Crippen molar-refractivity contribution in [3.05, 3.63) is 81.8 Å². The summed E-state index contributed by atoms with van der Waals surface area (Å²) in [6.45, 7) is 0.737. The van der Waals surface area contributed by atoms with Crippen LogP contribution in [0.25, 0.3) is 0 Å². The maximum absolute atomic E-state index is 13.1. The number of nitrogens with one attached hydrogen (secondary N) is 2. The molecular formula is C24H20Cl2F3N3O6S2. The monoisotopic (exact) mass is 637 g/mol. The molecule has 3 aromatic rings. The van der Waals surface area contributed by atoms with Gasteiger partial charge in [0.1, 0.15) is 4.90 Å². The van der Waals surface area contributed by atoms with Crippen molar-refractivity contribution >= 4 is 60.5 Å². The van der Waals surface area contributed by atoms with Gasteiger partial charge in [-0.2, -0.15) is 17.5 Å². The lowest BCUT2D eigenvalue weighted by atomic mass is 10.2. The van der Waals surface area contributed by atoms with Crippen molar-refractivity contribution in [3.8, 4) is 0 Å². The van der Waals surface area contributed by atoms with E-state index in [0.717, 1.165) is 30.3 Å². The second-order valence-corrected chi connectivity index (χ2v) is 12.8. The van der Waals surface area contributed by atoms with Gasteiger partial charge in [-0.25, -0.2) is 16.8 Å². The van der Waals surface area contributed by atoms with Gasteiger partial charge < -0.3 is 10.1 Å². The lowest BCUT2D eigenvalue weighted by Gasteiger charge is -2.26. The molecule has 3 aromatic carbocycles. The minimum Gasteiger partial charge on any atom is -0.379 e. The standard InChI is InChI=1S/C24H20Cl2F3N3O6S2/c25-20-8-4-17(14-19(20)24(27,28)29)31-39(34,35)18-5-2-16(3-6-18)30-23(33)15-1-7-21(26)22(13-15)40(36,37)32-9-11-38-12-10-32/h1-8,13-14,31H,9-12H2,(H,30,33). The third-order valence-corrected chi connectivity index (χ3v) is 9.83. The molecule has 2 N–H and O–H groups in total. The fourth-order valence-electron chi connectivity index (χ4n) is 3.71. The van der Waals surface area contributed by atoms with E-state index in [1.54, 1.807) is 0 Å². The first-order valence-electron chi connectivity index (χ1n) is 11.4. The van der Waals surface area contributed by atoms with E-state index in [2.05, 4.69) is 10.0 Å². The van der Waals surface area contributed by atoms with Crippen LogP contribution in [0.5, 0.6) is 0 Å². The zero-order valence-corrected chi connectivity index (χ0v) is 23.3. The zero-order valence-electron chi connectivity index (χ0n) is 20.2. The Balaban J connectivity index is 1.49. The molecule has 1 aliphatic heterocycles. The van der Waals surface area contributed by atoms with Crippen LogP contribution in [0, 0.1) is 0 Å². The first-order chi connectivity index (χ1) is 18.7. The van der Waals surface area contributed by atoms with Crippen LogP contribution in [-0.4, -0.2) is 53.4 Å². The third-order valence-electron chi connectivity index (χ3n) is 5.73. The van der Waals surface area contributed by atoms with Crippen LogP contribution in [0.1, 0.15) is 15.9 Å². The molecule has 0 spiro atoms. The molecule has 214 valence electrons. The SMILES string of the molecule is O=C(Nc1ccc(S(=O)(=O)Nc2ccc(Cl)c(C(F)(F)F)c2)cc1)c1ccc(Cl)c(S(=O)(=O)N2CCOCC2)c1. The summed E-state index contributed by atoms with van der Waals surface area (Å²) in [4.78, 5) is 12.3. The summed E-state index contributed by atoms with van der Waals surface area (Å²) in [6.07, 6.45) is -4.78. The number of sulfonamides is 2. The lowest BCUT2D eigenvalue weighted by molar-refractivity contribution is -0.137. The van der Waals surface area contributed by atoms with E-state index in [9.17, 15) is 34.8 Å². The number of benzene rings is 3. The van der Waals surface area contributed by atoms with Gasteiger partial charge in [0, 0.05) is 30.0 Å². The minimum atomic E-state index is -4.78. The van der Waals surface area contributed by atoms with Crippen LogP contribution in [0.15, 0.2) is 70.5 Å². The number of ether oxygens (including phenoxy) is 1. The summed E-state index contributed by atoms with van der Waals surface area (Å²) in [6, 6.07) is 11.1. The molecule has 0 unspecified atom stereocenters. The maximum atomic E-state index is 13.1. The largest absolute Gasteiger partial charge is 0.417 e. The van der Waals surface area contributed by atoms with E-state index in [1.807, 2.05) is 0 Å². The quantitative estimate of drug-likeness (QED) is 0.372. The second-order valence-electron chi connectivity index (χ2n) is 8.44. The van der Waals surface area contributed by atoms with Crippen molar-refractivity contribution in [2.24, 2.45) is 0 Å². The molecule has 0 atom stereocenters. The summed E-state index contributed by atoms with van der Waals surface area (Å²) in [5.41, 5.74) is -1.39. The van der Waals surface area contributed by atoms with Crippen molar-refractivity contribution < 1.29 is 39.5 Å². The molecule has 0 aromatic heterocycles. The van der Waals surface area contributed by atoms with Crippen LogP contribution < -0.4 is 10.0 Å². The number of nitrogens with zero attached hydrogens (tertiary/aromatic N) is 1. The molecule has 4 rings (SSSR count). The molecule has 16 heteroatoms. The van der Waals surface area contributed by atoms with Crippen molar-refractivity contribution in [1.29, 1.82) is 0 Å². The molecule has 1 heterocycles. The Morgan fingerprint density at radius 2 is 1.45 bits per heavy atom. The molecule has 1 saturated heterocycles. The average molecular weight is 638 g/mol. The van der Waals surface area contributed by atoms with E-state index in [4.69, 9.17) is 27.9 Å². The number of rotatable bonds is 7. The second kappa shape index (κ2) is 11.5. The molecule has 0 bridgehead atoms. The number of carbonyl (C=O) groups excluding carboxylic acids is 1. The maximum Gasteiger partial charge on any atom is 0.417 e. The van der Waals surface area contributed by atoms with Gasteiger partial charge in [0.05, 0.1) is 33.7 Å². The van der Waals surface area contributed by atoms with Gasteiger partial charge in [0.15, 0.2) is 0 Å².